The summed E-state index contributed by atoms with van der Waals surface area (Å²) in [7, 11) is 0. The summed E-state index contributed by atoms with van der Waals surface area (Å²) in [6.07, 6.45) is 5.13. The fraction of sp³-hybridized carbons (Fsp3) is 0.214. The summed E-state index contributed by atoms with van der Waals surface area (Å²) in [6.45, 7) is 2.13. The van der Waals surface area contributed by atoms with Gasteiger partial charge in [0.1, 0.15) is 12.4 Å². The average molecular weight is 548 g/mol. The Morgan fingerprint density at radius 3 is 2.45 bits per heavy atom. The maximum Gasteiger partial charge on any atom is 0.250 e. The van der Waals surface area contributed by atoms with Crippen molar-refractivity contribution in [2.45, 2.75) is 25.9 Å². The quantitative estimate of drug-likeness (QED) is 0.173. The smallest absolute Gasteiger partial charge is 0.250 e. The molecule has 194 valence electrons. The summed E-state index contributed by atoms with van der Waals surface area (Å²) in [4.78, 5) is 16.0. The summed E-state index contributed by atoms with van der Waals surface area (Å²) < 4.78 is 6.03. The first-order valence-electron chi connectivity index (χ1n) is 12.4. The van der Waals surface area contributed by atoms with E-state index >= 15 is 0 Å². The van der Waals surface area contributed by atoms with Crippen molar-refractivity contribution in [2.24, 2.45) is 5.10 Å². The molecule has 0 unspecified atom stereocenters. The van der Waals surface area contributed by atoms with Crippen molar-refractivity contribution in [3.05, 3.63) is 94.0 Å². The van der Waals surface area contributed by atoms with Crippen molar-refractivity contribution in [3.63, 3.8) is 0 Å². The number of hydrogen-bond donors (Lipinski definition) is 2. The minimum Gasteiger partial charge on any atom is -0.488 e. The van der Waals surface area contributed by atoms with E-state index in [-0.39, 0.29) is 0 Å². The Morgan fingerprint density at radius 2 is 1.63 bits per heavy atom. The molecule has 5 rings (SSSR count). The van der Waals surface area contributed by atoms with Gasteiger partial charge < -0.3 is 15.0 Å². The third kappa shape index (κ3) is 6.90. The minimum atomic E-state index is 0.301. The summed E-state index contributed by atoms with van der Waals surface area (Å²) >= 11 is 12.3. The van der Waals surface area contributed by atoms with Gasteiger partial charge in [0.2, 0.25) is 17.8 Å². The van der Waals surface area contributed by atoms with Crippen LogP contribution in [0.25, 0.3) is 0 Å². The number of rotatable bonds is 9. The van der Waals surface area contributed by atoms with Crippen LogP contribution in [0.1, 0.15) is 30.4 Å². The number of benzene rings is 3. The second-order valence-electron chi connectivity index (χ2n) is 8.75. The molecule has 0 spiro atoms. The molecule has 0 atom stereocenters. The van der Waals surface area contributed by atoms with Crippen molar-refractivity contribution >= 4 is 52.9 Å². The van der Waals surface area contributed by atoms with Gasteiger partial charge in [0.25, 0.3) is 0 Å². The fourth-order valence-electron chi connectivity index (χ4n) is 4.03. The van der Waals surface area contributed by atoms with Crippen LogP contribution in [0.15, 0.2) is 77.9 Å². The van der Waals surface area contributed by atoms with Gasteiger partial charge in [-0.05, 0) is 55.7 Å². The molecule has 0 bridgehead atoms. The molecule has 4 aromatic rings. The first-order valence-corrected chi connectivity index (χ1v) is 13.2. The van der Waals surface area contributed by atoms with Crippen LogP contribution in [0.3, 0.4) is 0 Å². The molecule has 2 heterocycles. The molecular formula is C28H27Cl2N7O. The van der Waals surface area contributed by atoms with E-state index in [0.717, 1.165) is 42.7 Å². The standard InChI is InChI=1S/C28H27Cl2N7O/c29-22-14-13-21(24(30)17-22)19-38-25-12-6-5-9-20(25)18-31-36-27-33-26(32-23-10-3-1-4-11-23)34-28(35-27)37-15-7-2-8-16-37/h1,3-6,9-14,17-18H,2,7-8,15-16,19H2,(H2,32,33,34,35,36)/b31-18-. The van der Waals surface area contributed by atoms with Gasteiger partial charge in [-0.2, -0.15) is 20.1 Å². The maximum absolute atomic E-state index is 6.29. The lowest BCUT2D eigenvalue weighted by atomic mass is 10.1. The zero-order chi connectivity index (χ0) is 26.2. The van der Waals surface area contributed by atoms with Gasteiger partial charge in [-0.25, -0.2) is 5.43 Å². The number of para-hydroxylation sites is 2. The fourth-order valence-corrected chi connectivity index (χ4v) is 4.49. The van der Waals surface area contributed by atoms with Gasteiger partial charge in [-0.15, -0.1) is 0 Å². The summed E-state index contributed by atoms with van der Waals surface area (Å²) in [6, 6.07) is 22.8. The van der Waals surface area contributed by atoms with Gasteiger partial charge in [0.05, 0.1) is 6.21 Å². The van der Waals surface area contributed by atoms with E-state index in [1.807, 2.05) is 60.7 Å². The third-order valence-corrected chi connectivity index (χ3v) is 6.56. The normalized spacial score (nSPS) is 13.5. The molecule has 1 aromatic heterocycles. The molecule has 0 saturated carbocycles. The summed E-state index contributed by atoms with van der Waals surface area (Å²) in [5.41, 5.74) is 5.49. The van der Waals surface area contributed by atoms with Crippen molar-refractivity contribution in [3.8, 4) is 5.75 Å². The van der Waals surface area contributed by atoms with E-state index in [4.69, 9.17) is 27.9 Å². The van der Waals surface area contributed by atoms with Crippen molar-refractivity contribution in [1.29, 1.82) is 0 Å². The molecule has 2 N–H and O–H groups in total. The molecule has 8 nitrogen and oxygen atoms in total. The Balaban J connectivity index is 1.32. The zero-order valence-corrected chi connectivity index (χ0v) is 22.2. The number of nitrogens with zero attached hydrogens (tertiary/aromatic N) is 5. The van der Waals surface area contributed by atoms with E-state index < -0.39 is 0 Å². The van der Waals surface area contributed by atoms with Crippen LogP contribution in [-0.2, 0) is 6.61 Å². The van der Waals surface area contributed by atoms with Crippen molar-refractivity contribution < 1.29 is 4.74 Å². The van der Waals surface area contributed by atoms with Crippen LogP contribution in [0.2, 0.25) is 10.0 Å². The van der Waals surface area contributed by atoms with Crippen LogP contribution in [0.5, 0.6) is 5.75 Å². The Bertz CT molecular complexity index is 1400. The first-order chi connectivity index (χ1) is 18.6. The second kappa shape index (κ2) is 12.6. The first kappa shape index (κ1) is 25.8. The van der Waals surface area contributed by atoms with Gasteiger partial charge in [-0.1, -0.05) is 59.6 Å². The topological polar surface area (TPSA) is 87.6 Å². The Labute approximate surface area is 231 Å². The van der Waals surface area contributed by atoms with Gasteiger partial charge in [0, 0.05) is 39.9 Å². The number of piperidine rings is 1. The van der Waals surface area contributed by atoms with E-state index in [1.54, 1.807) is 18.3 Å². The number of ether oxygens (including phenoxy) is 1. The highest BCUT2D eigenvalue weighted by Crippen LogP contribution is 2.24. The molecule has 10 heteroatoms. The molecule has 1 aliphatic rings. The van der Waals surface area contributed by atoms with Crippen LogP contribution in [-0.4, -0.2) is 34.3 Å². The van der Waals surface area contributed by atoms with Crippen molar-refractivity contribution in [1.82, 2.24) is 15.0 Å². The zero-order valence-electron chi connectivity index (χ0n) is 20.6. The van der Waals surface area contributed by atoms with Crippen LogP contribution < -0.4 is 20.4 Å². The monoisotopic (exact) mass is 547 g/mol. The Morgan fingerprint density at radius 1 is 0.868 bits per heavy atom. The Kier molecular flexibility index (Phi) is 8.53. The predicted molar refractivity (Wildman–Crippen MR) is 154 cm³/mol. The van der Waals surface area contributed by atoms with E-state index in [1.165, 1.54) is 6.42 Å². The number of anilines is 4. The largest absolute Gasteiger partial charge is 0.488 e. The van der Waals surface area contributed by atoms with Crippen LogP contribution in [0, 0.1) is 0 Å². The number of hydrogen-bond acceptors (Lipinski definition) is 8. The SMILES string of the molecule is Clc1ccc(COc2ccccc2/C=N\Nc2nc(Nc3ccccc3)nc(N3CCCCC3)n2)c(Cl)c1. The highest BCUT2D eigenvalue weighted by molar-refractivity contribution is 6.35. The summed E-state index contributed by atoms with van der Waals surface area (Å²) in [5, 5.41) is 8.80. The van der Waals surface area contributed by atoms with E-state index in [2.05, 4.69) is 35.7 Å². The van der Waals surface area contributed by atoms with E-state index in [0.29, 0.717) is 40.2 Å². The van der Waals surface area contributed by atoms with Gasteiger partial charge in [-0.3, -0.25) is 0 Å². The average Bonchev–Trinajstić information content (AvgIpc) is 2.94. The molecule has 38 heavy (non-hydrogen) atoms. The second-order valence-corrected chi connectivity index (χ2v) is 9.60. The van der Waals surface area contributed by atoms with Gasteiger partial charge in [0.15, 0.2) is 0 Å². The van der Waals surface area contributed by atoms with Crippen molar-refractivity contribution in [2.75, 3.05) is 28.7 Å². The van der Waals surface area contributed by atoms with E-state index in [9.17, 15) is 0 Å². The lowest BCUT2D eigenvalue weighted by molar-refractivity contribution is 0.306. The van der Waals surface area contributed by atoms with Crippen LogP contribution in [0.4, 0.5) is 23.5 Å². The van der Waals surface area contributed by atoms with Gasteiger partial charge >= 0.3 is 0 Å². The number of aromatic nitrogens is 3. The number of nitrogens with one attached hydrogen (secondary N) is 2. The third-order valence-electron chi connectivity index (χ3n) is 5.98. The lowest BCUT2D eigenvalue weighted by Gasteiger charge is -2.26. The molecule has 0 radical (unpaired) electrons. The highest BCUT2D eigenvalue weighted by Gasteiger charge is 2.16. The molecular weight excluding hydrogens is 521 g/mol. The van der Waals surface area contributed by atoms with Crippen LogP contribution >= 0.6 is 23.2 Å². The molecule has 1 fully saturated rings. The molecule has 1 saturated heterocycles. The summed E-state index contributed by atoms with van der Waals surface area (Å²) in [5.74, 6) is 2.09. The molecule has 0 aliphatic carbocycles. The lowest BCUT2D eigenvalue weighted by Crippen LogP contribution is -2.31. The Hall–Kier alpha value is -3.88. The molecule has 0 amide bonds. The predicted octanol–water partition coefficient (Wildman–Crippen LogP) is 6.94. The molecule has 1 aliphatic heterocycles. The number of hydrazone groups is 1. The maximum atomic E-state index is 6.29. The minimum absolute atomic E-state index is 0.301. The number of halogens is 2. The molecule has 3 aromatic carbocycles. The highest BCUT2D eigenvalue weighted by atomic mass is 35.5.